The molecule has 0 aromatic heterocycles. The van der Waals surface area contributed by atoms with Gasteiger partial charge in [-0.3, -0.25) is 19.3 Å². The van der Waals surface area contributed by atoms with Gasteiger partial charge in [0.15, 0.2) is 0 Å². The Morgan fingerprint density at radius 2 is 2.00 bits per heavy atom. The molecule has 1 aliphatic heterocycles. The molecule has 2 amide bonds. The molecule has 1 N–H and O–H groups in total. The van der Waals surface area contributed by atoms with Crippen LogP contribution in [0.1, 0.15) is 5.56 Å². The van der Waals surface area contributed by atoms with Gasteiger partial charge < -0.3 is 9.84 Å². The number of amides is 2. The molecule has 0 saturated carbocycles. The number of hydrogen-bond acceptors (Lipinski definition) is 5. The lowest BCUT2D eigenvalue weighted by molar-refractivity contribution is -0.140. The van der Waals surface area contributed by atoms with Crippen LogP contribution in [0, 0.1) is 0 Å². The molecular formula is C15H13NO5S. The van der Waals surface area contributed by atoms with Gasteiger partial charge in [0.25, 0.3) is 11.1 Å². The van der Waals surface area contributed by atoms with E-state index in [0.717, 1.165) is 11.8 Å². The second-order valence-electron chi connectivity index (χ2n) is 4.33. The average molecular weight is 319 g/mol. The van der Waals surface area contributed by atoms with E-state index in [1.165, 1.54) is 0 Å². The van der Waals surface area contributed by atoms with Crippen molar-refractivity contribution in [3.63, 3.8) is 0 Å². The predicted octanol–water partition coefficient (Wildman–Crippen LogP) is 2.37. The zero-order valence-corrected chi connectivity index (χ0v) is 12.3. The van der Waals surface area contributed by atoms with Crippen LogP contribution in [0.5, 0.6) is 5.75 Å². The number of ether oxygens (including phenoxy) is 1. The smallest absolute Gasteiger partial charge is 0.323 e. The lowest BCUT2D eigenvalue weighted by Gasteiger charge is -2.07. The van der Waals surface area contributed by atoms with Gasteiger partial charge in [-0.15, -0.1) is 0 Å². The Labute approximate surface area is 131 Å². The Morgan fingerprint density at radius 1 is 1.32 bits per heavy atom. The average Bonchev–Trinajstić information content (AvgIpc) is 2.74. The first-order chi connectivity index (χ1) is 10.5. The summed E-state index contributed by atoms with van der Waals surface area (Å²) in [7, 11) is 0. The number of aliphatic carboxylic acids is 1. The third-order valence-electron chi connectivity index (χ3n) is 2.71. The molecule has 0 radical (unpaired) electrons. The molecule has 6 nitrogen and oxygen atoms in total. The summed E-state index contributed by atoms with van der Waals surface area (Å²) in [5, 5.41) is 8.11. The van der Waals surface area contributed by atoms with Crippen LogP contribution in [0.4, 0.5) is 4.79 Å². The van der Waals surface area contributed by atoms with E-state index in [0.29, 0.717) is 22.8 Å². The van der Waals surface area contributed by atoms with Gasteiger partial charge in [0.05, 0.1) is 4.91 Å². The molecule has 22 heavy (non-hydrogen) atoms. The van der Waals surface area contributed by atoms with Crippen LogP contribution in [0.3, 0.4) is 0 Å². The molecule has 0 bridgehead atoms. The van der Waals surface area contributed by atoms with Gasteiger partial charge in [0.2, 0.25) is 0 Å². The number of carbonyl (C=O) groups excluding carboxylic acids is 2. The first kappa shape index (κ1) is 15.8. The minimum Gasteiger partial charge on any atom is -0.490 e. The number of nitrogens with zero attached hydrogens (tertiary/aromatic N) is 1. The molecule has 0 atom stereocenters. The van der Waals surface area contributed by atoms with Crippen molar-refractivity contribution in [3.05, 3.63) is 47.4 Å². The Kier molecular flexibility index (Phi) is 5.00. The third-order valence-corrected chi connectivity index (χ3v) is 3.62. The van der Waals surface area contributed by atoms with E-state index in [2.05, 4.69) is 6.58 Å². The van der Waals surface area contributed by atoms with E-state index in [4.69, 9.17) is 9.84 Å². The van der Waals surface area contributed by atoms with E-state index in [1.807, 2.05) is 0 Å². The number of carbonyl (C=O) groups is 3. The SMILES string of the molecule is C=CCOc1ccc(C=C2SC(=O)N(CC(=O)O)C2=O)cc1. The van der Waals surface area contributed by atoms with Gasteiger partial charge in [-0.1, -0.05) is 24.8 Å². The van der Waals surface area contributed by atoms with Crippen LogP contribution >= 0.6 is 11.8 Å². The zero-order valence-electron chi connectivity index (χ0n) is 11.5. The number of benzene rings is 1. The summed E-state index contributed by atoms with van der Waals surface area (Å²) >= 11 is 0.727. The molecule has 0 spiro atoms. The summed E-state index contributed by atoms with van der Waals surface area (Å²) in [6, 6.07) is 6.95. The summed E-state index contributed by atoms with van der Waals surface area (Å²) in [4.78, 5) is 35.2. The van der Waals surface area contributed by atoms with E-state index in [9.17, 15) is 14.4 Å². The molecule has 1 fully saturated rings. The highest BCUT2D eigenvalue weighted by Crippen LogP contribution is 2.32. The second kappa shape index (κ2) is 6.95. The Bertz CT molecular complexity index is 650. The van der Waals surface area contributed by atoms with Gasteiger partial charge in [-0.05, 0) is 35.5 Å². The maximum Gasteiger partial charge on any atom is 0.323 e. The maximum absolute atomic E-state index is 12.0. The number of imide groups is 1. The van der Waals surface area contributed by atoms with E-state index in [1.54, 1.807) is 36.4 Å². The first-order valence-electron chi connectivity index (χ1n) is 6.32. The monoisotopic (exact) mass is 319 g/mol. The fourth-order valence-electron chi connectivity index (χ4n) is 1.74. The van der Waals surface area contributed by atoms with Crippen molar-refractivity contribution in [3.8, 4) is 5.75 Å². The minimum atomic E-state index is -1.23. The Hall–Kier alpha value is -2.54. The van der Waals surface area contributed by atoms with E-state index < -0.39 is 23.7 Å². The molecule has 2 rings (SSSR count). The van der Waals surface area contributed by atoms with E-state index >= 15 is 0 Å². The van der Waals surface area contributed by atoms with Crippen LogP contribution in [0.15, 0.2) is 41.8 Å². The highest BCUT2D eigenvalue weighted by molar-refractivity contribution is 8.18. The van der Waals surface area contributed by atoms with Crippen molar-refractivity contribution in [2.24, 2.45) is 0 Å². The third kappa shape index (κ3) is 3.76. The molecule has 1 aliphatic rings. The van der Waals surface area contributed by atoms with Crippen molar-refractivity contribution in [2.45, 2.75) is 0 Å². The van der Waals surface area contributed by atoms with Crippen LogP contribution in [0.25, 0.3) is 6.08 Å². The molecule has 114 valence electrons. The maximum atomic E-state index is 12.0. The number of carboxylic acids is 1. The molecule has 0 unspecified atom stereocenters. The summed E-state index contributed by atoms with van der Waals surface area (Å²) in [5.41, 5.74) is 0.715. The molecule has 1 aromatic carbocycles. The highest BCUT2D eigenvalue weighted by atomic mass is 32.2. The second-order valence-corrected chi connectivity index (χ2v) is 5.32. The Balaban J connectivity index is 2.12. The lowest BCUT2D eigenvalue weighted by atomic mass is 10.2. The van der Waals surface area contributed by atoms with Crippen molar-refractivity contribution >= 4 is 35.0 Å². The molecule has 1 aromatic rings. The normalized spacial score (nSPS) is 16.2. The topological polar surface area (TPSA) is 83.9 Å². The lowest BCUT2D eigenvalue weighted by Crippen LogP contribution is -2.33. The van der Waals surface area contributed by atoms with Crippen molar-refractivity contribution in [2.75, 3.05) is 13.2 Å². The summed E-state index contributed by atoms with van der Waals surface area (Å²) in [6.45, 7) is 3.32. The summed E-state index contributed by atoms with van der Waals surface area (Å²) in [6.07, 6.45) is 3.18. The fourth-order valence-corrected chi connectivity index (χ4v) is 2.58. The van der Waals surface area contributed by atoms with Crippen molar-refractivity contribution in [1.29, 1.82) is 0 Å². The zero-order chi connectivity index (χ0) is 16.1. The fraction of sp³-hybridized carbons (Fsp3) is 0.133. The van der Waals surface area contributed by atoms with Crippen molar-refractivity contribution < 1.29 is 24.2 Å². The highest BCUT2D eigenvalue weighted by Gasteiger charge is 2.36. The van der Waals surface area contributed by atoms with Gasteiger partial charge in [-0.25, -0.2) is 0 Å². The minimum absolute atomic E-state index is 0.200. The number of hydrogen-bond donors (Lipinski definition) is 1. The quantitative estimate of drug-likeness (QED) is 0.640. The molecule has 7 heteroatoms. The van der Waals surface area contributed by atoms with Gasteiger partial charge in [-0.2, -0.15) is 0 Å². The van der Waals surface area contributed by atoms with E-state index in [-0.39, 0.29) is 4.91 Å². The first-order valence-corrected chi connectivity index (χ1v) is 7.14. The van der Waals surface area contributed by atoms with Gasteiger partial charge in [0, 0.05) is 0 Å². The molecule has 0 aliphatic carbocycles. The largest absolute Gasteiger partial charge is 0.490 e. The van der Waals surface area contributed by atoms with Crippen LogP contribution in [-0.4, -0.2) is 40.3 Å². The van der Waals surface area contributed by atoms with Crippen LogP contribution in [0.2, 0.25) is 0 Å². The standard InChI is InChI=1S/C15H13NO5S/c1-2-7-21-11-5-3-10(4-6-11)8-12-14(19)16(9-13(17)18)15(20)22-12/h2-6,8H,1,7,9H2,(H,17,18). The van der Waals surface area contributed by atoms with Crippen LogP contribution < -0.4 is 4.74 Å². The van der Waals surface area contributed by atoms with Gasteiger partial charge in [0.1, 0.15) is 18.9 Å². The summed E-state index contributed by atoms with van der Waals surface area (Å²) < 4.78 is 5.34. The summed E-state index contributed by atoms with van der Waals surface area (Å²) in [5.74, 6) is -1.16. The number of thioether (sulfide) groups is 1. The predicted molar refractivity (Wildman–Crippen MR) is 82.4 cm³/mol. The van der Waals surface area contributed by atoms with Crippen molar-refractivity contribution in [1.82, 2.24) is 4.90 Å². The molecular weight excluding hydrogens is 306 g/mol. The molecule has 1 heterocycles. The molecule has 1 saturated heterocycles. The number of carboxylic acid groups (broad SMARTS) is 1. The number of rotatable bonds is 6. The Morgan fingerprint density at radius 3 is 2.59 bits per heavy atom. The van der Waals surface area contributed by atoms with Crippen LogP contribution in [-0.2, 0) is 9.59 Å². The van der Waals surface area contributed by atoms with Gasteiger partial charge >= 0.3 is 5.97 Å².